The lowest BCUT2D eigenvalue weighted by molar-refractivity contribution is 0.264. The van der Waals surface area contributed by atoms with E-state index in [1.807, 2.05) is 37.4 Å². The van der Waals surface area contributed by atoms with Gasteiger partial charge in [0.1, 0.15) is 17.3 Å². The summed E-state index contributed by atoms with van der Waals surface area (Å²) in [4.78, 5) is 13.9. The molecule has 3 atom stereocenters. The van der Waals surface area contributed by atoms with Crippen molar-refractivity contribution in [3.63, 3.8) is 0 Å². The average Bonchev–Trinajstić information content (AvgIpc) is 3.29. The Balaban J connectivity index is 1.54. The molecule has 2 aliphatic heterocycles. The maximum Gasteiger partial charge on any atom is 0.157 e. The van der Waals surface area contributed by atoms with E-state index in [-0.39, 0.29) is 11.4 Å². The zero-order valence-corrected chi connectivity index (χ0v) is 23.8. The van der Waals surface area contributed by atoms with Crippen LogP contribution < -0.4 is 10.6 Å². The van der Waals surface area contributed by atoms with Crippen molar-refractivity contribution in [2.45, 2.75) is 43.8 Å². The molecular weight excluding hydrogens is 503 g/mol. The fraction of sp³-hybridized carbons (Fsp3) is 0.438. The highest BCUT2D eigenvalue weighted by molar-refractivity contribution is 6.05. The minimum atomic E-state index is -0.450. The first kappa shape index (κ1) is 28.2. The molecule has 3 unspecified atom stereocenters. The van der Waals surface area contributed by atoms with E-state index in [9.17, 15) is 5.11 Å². The Labute approximate surface area is 236 Å². The molecule has 3 N–H and O–H groups in total. The van der Waals surface area contributed by atoms with E-state index in [0.717, 1.165) is 61.9 Å². The first-order valence-corrected chi connectivity index (χ1v) is 14.3. The number of hydrogen-bond donors (Lipinski definition) is 3. The maximum atomic E-state index is 16.4. The third kappa shape index (κ3) is 5.89. The molecule has 2 fully saturated rings. The second kappa shape index (κ2) is 12.5. The van der Waals surface area contributed by atoms with Crippen LogP contribution in [0, 0.1) is 5.82 Å². The van der Waals surface area contributed by atoms with Crippen molar-refractivity contribution in [1.82, 2.24) is 20.4 Å². The highest BCUT2D eigenvalue weighted by Crippen LogP contribution is 2.39. The van der Waals surface area contributed by atoms with Gasteiger partial charge >= 0.3 is 0 Å². The van der Waals surface area contributed by atoms with E-state index in [2.05, 4.69) is 46.2 Å². The molecule has 0 saturated carbocycles. The van der Waals surface area contributed by atoms with Gasteiger partial charge in [-0.2, -0.15) is 0 Å². The van der Waals surface area contributed by atoms with Crippen LogP contribution in [0.3, 0.4) is 0 Å². The Kier molecular flexibility index (Phi) is 8.78. The number of phenols is 1. The summed E-state index contributed by atoms with van der Waals surface area (Å²) in [6.45, 7) is 7.02. The summed E-state index contributed by atoms with van der Waals surface area (Å²) in [6, 6.07) is 15.9. The molecule has 2 aliphatic rings. The molecule has 40 heavy (non-hydrogen) atoms. The minimum Gasteiger partial charge on any atom is -0.508 e. The van der Waals surface area contributed by atoms with Crippen molar-refractivity contribution in [3.8, 4) is 16.9 Å². The predicted octanol–water partition coefficient (Wildman–Crippen LogP) is 4.80. The molecule has 3 aromatic carbocycles. The van der Waals surface area contributed by atoms with E-state index in [4.69, 9.17) is 4.99 Å². The van der Waals surface area contributed by atoms with Crippen molar-refractivity contribution in [2.75, 3.05) is 47.3 Å². The molecule has 2 saturated heterocycles. The SMILES string of the molecule is C=Nc1c(/C(=N\CCC(CCNC)N(C)C)N2CC3CCC(C2)N3)ccc(-c2cc(O)cc3ccccc23)c1F. The molecule has 7 nitrogen and oxygen atoms in total. The van der Waals surface area contributed by atoms with E-state index in [1.54, 1.807) is 18.2 Å². The first-order chi connectivity index (χ1) is 19.4. The van der Waals surface area contributed by atoms with Gasteiger partial charge in [0, 0.05) is 48.9 Å². The Morgan fingerprint density at radius 3 is 2.58 bits per heavy atom. The van der Waals surface area contributed by atoms with Crippen molar-refractivity contribution in [3.05, 3.63) is 59.9 Å². The Bertz CT molecular complexity index is 1380. The Morgan fingerprint density at radius 1 is 1.12 bits per heavy atom. The molecule has 2 bridgehead atoms. The van der Waals surface area contributed by atoms with E-state index in [0.29, 0.717) is 41.4 Å². The molecule has 0 spiro atoms. The number of nitrogens with zero attached hydrogens (tertiary/aromatic N) is 4. The molecular formula is C32H41FN6O. The van der Waals surface area contributed by atoms with Gasteiger partial charge in [0.25, 0.3) is 0 Å². The highest BCUT2D eigenvalue weighted by Gasteiger charge is 2.35. The Morgan fingerprint density at radius 2 is 1.88 bits per heavy atom. The monoisotopic (exact) mass is 544 g/mol. The topological polar surface area (TPSA) is 75.5 Å². The molecule has 0 amide bonds. The lowest BCUT2D eigenvalue weighted by atomic mass is 9.95. The standard InChI is InChI=1S/C32H41FN6O/c1-34-15-13-24(38(3)4)14-16-36-32(39-19-22-9-10-23(20-39)37-22)28-12-11-27(30(33)31(28)35-2)29-18-25(40)17-21-7-5-6-8-26(21)29/h5-8,11-12,17-18,22-24,34,37,40H,2,9-10,13-16,19-20H2,1,3-4H3/b36-32+. The van der Waals surface area contributed by atoms with Gasteiger partial charge in [0.2, 0.25) is 0 Å². The van der Waals surface area contributed by atoms with Gasteiger partial charge in [0.05, 0.1) is 0 Å². The zero-order valence-electron chi connectivity index (χ0n) is 23.8. The number of fused-ring (bicyclic) bond motifs is 3. The normalized spacial score (nSPS) is 19.9. The van der Waals surface area contributed by atoms with Crippen LogP contribution in [0.5, 0.6) is 5.75 Å². The van der Waals surface area contributed by atoms with Crippen LogP contribution in [0.1, 0.15) is 31.2 Å². The smallest absolute Gasteiger partial charge is 0.157 e. The summed E-state index contributed by atoms with van der Waals surface area (Å²) in [5, 5.41) is 19.0. The number of amidine groups is 1. The molecule has 8 heteroatoms. The number of halogens is 1. The van der Waals surface area contributed by atoms with Crippen LogP contribution in [-0.4, -0.2) is 92.9 Å². The van der Waals surface area contributed by atoms with Gasteiger partial charge in [0.15, 0.2) is 5.82 Å². The lowest BCUT2D eigenvalue weighted by Gasteiger charge is -2.36. The number of phenolic OH excluding ortho intramolecular Hbond substituents is 1. The summed E-state index contributed by atoms with van der Waals surface area (Å²) >= 11 is 0. The first-order valence-electron chi connectivity index (χ1n) is 14.3. The van der Waals surface area contributed by atoms with Gasteiger partial charge in [-0.3, -0.25) is 9.98 Å². The van der Waals surface area contributed by atoms with Crippen molar-refractivity contribution >= 4 is 29.0 Å². The number of rotatable bonds is 10. The summed E-state index contributed by atoms with van der Waals surface area (Å²) in [5.41, 5.74) is 1.88. The van der Waals surface area contributed by atoms with Gasteiger partial charge in [-0.1, -0.05) is 30.3 Å². The van der Waals surface area contributed by atoms with Crippen LogP contribution in [0.4, 0.5) is 10.1 Å². The van der Waals surface area contributed by atoms with Gasteiger partial charge in [-0.05, 0) is 94.6 Å². The molecule has 5 rings (SSSR count). The highest BCUT2D eigenvalue weighted by atomic mass is 19.1. The van der Waals surface area contributed by atoms with Gasteiger partial charge in [-0.15, -0.1) is 0 Å². The van der Waals surface area contributed by atoms with Crippen LogP contribution in [0.25, 0.3) is 21.9 Å². The fourth-order valence-corrected chi connectivity index (χ4v) is 6.24. The van der Waals surface area contributed by atoms with Gasteiger partial charge in [-0.25, -0.2) is 4.39 Å². The third-order valence-corrected chi connectivity index (χ3v) is 8.35. The van der Waals surface area contributed by atoms with E-state index in [1.165, 1.54) is 0 Å². The van der Waals surface area contributed by atoms with E-state index < -0.39 is 5.82 Å². The molecule has 212 valence electrons. The minimum absolute atomic E-state index is 0.0950. The van der Waals surface area contributed by atoms with Crippen LogP contribution in [0.2, 0.25) is 0 Å². The second-order valence-electron chi connectivity index (χ2n) is 11.2. The number of hydrogen-bond acceptors (Lipinski definition) is 6. The number of benzene rings is 3. The van der Waals surface area contributed by atoms with Gasteiger partial charge < -0.3 is 25.5 Å². The third-order valence-electron chi connectivity index (χ3n) is 8.35. The summed E-state index contributed by atoms with van der Waals surface area (Å²) in [7, 11) is 6.19. The van der Waals surface area contributed by atoms with Crippen molar-refractivity contribution < 1.29 is 9.50 Å². The fourth-order valence-electron chi connectivity index (χ4n) is 6.24. The molecule has 2 heterocycles. The lowest BCUT2D eigenvalue weighted by Crippen LogP contribution is -2.53. The quantitative estimate of drug-likeness (QED) is 0.253. The molecule has 0 radical (unpaired) electrons. The zero-order chi connectivity index (χ0) is 28.2. The molecule has 0 aromatic heterocycles. The number of piperazine rings is 1. The van der Waals surface area contributed by atoms with E-state index >= 15 is 4.39 Å². The number of aliphatic imine (C=N–C) groups is 2. The van der Waals surface area contributed by atoms with Crippen molar-refractivity contribution in [1.29, 1.82) is 0 Å². The molecule has 3 aromatic rings. The number of likely N-dealkylation sites (tertiary alicyclic amines) is 1. The summed E-state index contributed by atoms with van der Waals surface area (Å²) < 4.78 is 16.4. The summed E-state index contributed by atoms with van der Waals surface area (Å²) in [6.07, 6.45) is 4.23. The predicted molar refractivity (Wildman–Crippen MR) is 164 cm³/mol. The van der Waals surface area contributed by atoms with Crippen LogP contribution in [-0.2, 0) is 0 Å². The number of aromatic hydroxyl groups is 1. The van der Waals surface area contributed by atoms with Crippen molar-refractivity contribution in [2.24, 2.45) is 9.98 Å². The number of nitrogens with one attached hydrogen (secondary N) is 2. The largest absolute Gasteiger partial charge is 0.508 e. The van der Waals surface area contributed by atoms with Crippen LogP contribution in [0.15, 0.2) is 58.5 Å². The Hall–Kier alpha value is -3.33. The average molecular weight is 545 g/mol. The van der Waals surface area contributed by atoms with Crippen LogP contribution >= 0.6 is 0 Å². The maximum absolute atomic E-state index is 16.4. The molecule has 0 aliphatic carbocycles. The second-order valence-corrected chi connectivity index (χ2v) is 11.2. The summed E-state index contributed by atoms with van der Waals surface area (Å²) in [5.74, 6) is 0.435.